The van der Waals surface area contributed by atoms with Crippen molar-refractivity contribution in [3.63, 3.8) is 0 Å². The third-order valence-corrected chi connectivity index (χ3v) is 7.01. The summed E-state index contributed by atoms with van der Waals surface area (Å²) in [5.74, 6) is 1.38. The van der Waals surface area contributed by atoms with E-state index in [9.17, 15) is 4.79 Å². The van der Waals surface area contributed by atoms with Crippen LogP contribution in [0.4, 0.5) is 11.5 Å². The van der Waals surface area contributed by atoms with Crippen molar-refractivity contribution in [1.82, 2.24) is 19.8 Å². The van der Waals surface area contributed by atoms with Gasteiger partial charge in [-0.15, -0.1) is 0 Å². The molecular formula is C23H32N6O. The van der Waals surface area contributed by atoms with E-state index >= 15 is 0 Å². The molecule has 1 amide bonds. The van der Waals surface area contributed by atoms with Crippen molar-refractivity contribution in [3.05, 3.63) is 24.5 Å². The number of rotatable bonds is 3. The Kier molecular flexibility index (Phi) is 5.46. The van der Waals surface area contributed by atoms with Crippen LogP contribution in [0.2, 0.25) is 0 Å². The molecule has 30 heavy (non-hydrogen) atoms. The van der Waals surface area contributed by atoms with Crippen LogP contribution in [0.1, 0.15) is 32.1 Å². The lowest BCUT2D eigenvalue weighted by atomic mass is 10.1. The first-order chi connectivity index (χ1) is 14.7. The van der Waals surface area contributed by atoms with E-state index in [2.05, 4.69) is 42.9 Å². The summed E-state index contributed by atoms with van der Waals surface area (Å²) in [6.45, 7) is 6.84. The van der Waals surface area contributed by atoms with Gasteiger partial charge in [0.25, 0.3) is 0 Å². The van der Waals surface area contributed by atoms with E-state index in [4.69, 9.17) is 0 Å². The van der Waals surface area contributed by atoms with Gasteiger partial charge in [-0.1, -0.05) is 0 Å². The number of benzene rings is 1. The van der Waals surface area contributed by atoms with Gasteiger partial charge < -0.3 is 14.7 Å². The quantitative estimate of drug-likeness (QED) is 0.777. The Morgan fingerprint density at radius 3 is 2.43 bits per heavy atom. The molecule has 1 unspecified atom stereocenters. The highest BCUT2D eigenvalue weighted by atomic mass is 16.2. The Labute approximate surface area is 178 Å². The lowest BCUT2D eigenvalue weighted by molar-refractivity contribution is -0.135. The molecule has 1 aromatic heterocycles. The molecule has 0 aliphatic carbocycles. The zero-order valence-corrected chi connectivity index (χ0v) is 18.0. The van der Waals surface area contributed by atoms with Gasteiger partial charge in [-0.3, -0.25) is 9.69 Å². The summed E-state index contributed by atoms with van der Waals surface area (Å²) in [6, 6.07) is 6.64. The second kappa shape index (κ2) is 8.38. The molecule has 5 rings (SSSR count). The molecule has 1 aromatic carbocycles. The number of hydrogen-bond acceptors (Lipinski definition) is 6. The van der Waals surface area contributed by atoms with Crippen molar-refractivity contribution in [3.8, 4) is 0 Å². The molecule has 3 aliphatic heterocycles. The Morgan fingerprint density at radius 1 is 0.867 bits per heavy atom. The van der Waals surface area contributed by atoms with Gasteiger partial charge in [0.1, 0.15) is 12.1 Å². The zero-order chi connectivity index (χ0) is 20.5. The minimum atomic E-state index is 0.0615. The molecule has 3 fully saturated rings. The largest absolute Gasteiger partial charge is 0.369 e. The molecule has 0 N–H and O–H groups in total. The lowest BCUT2D eigenvalue weighted by Crippen LogP contribution is -2.54. The molecule has 3 aliphatic rings. The van der Waals surface area contributed by atoms with Crippen molar-refractivity contribution < 1.29 is 4.79 Å². The van der Waals surface area contributed by atoms with Crippen LogP contribution in [0.3, 0.4) is 0 Å². The number of likely N-dealkylation sites (tertiary alicyclic amines) is 1. The first kappa shape index (κ1) is 19.5. The molecule has 1 atom stereocenters. The van der Waals surface area contributed by atoms with E-state index in [1.54, 1.807) is 6.33 Å². The van der Waals surface area contributed by atoms with Crippen molar-refractivity contribution in [2.24, 2.45) is 0 Å². The Bertz CT molecular complexity index is 904. The second-order valence-corrected chi connectivity index (χ2v) is 8.89. The highest BCUT2D eigenvalue weighted by molar-refractivity contribution is 5.92. The van der Waals surface area contributed by atoms with Gasteiger partial charge in [-0.25, -0.2) is 9.97 Å². The third kappa shape index (κ3) is 3.71. The van der Waals surface area contributed by atoms with Crippen LogP contribution in [0.5, 0.6) is 0 Å². The van der Waals surface area contributed by atoms with Gasteiger partial charge in [0.05, 0.1) is 11.6 Å². The predicted molar refractivity (Wildman–Crippen MR) is 120 cm³/mol. The standard InChI is InChI=1S/C23H32N6O/c1-26-9-3-2-6-21(23(26)30)28-14-12-27(13-15-28)18-7-8-20-19(16-18)22(25-17-24-20)29-10-4-5-11-29/h7-8,16-17,21H,2-6,9-15H2,1H3. The Morgan fingerprint density at radius 2 is 1.63 bits per heavy atom. The van der Waals surface area contributed by atoms with E-state index in [-0.39, 0.29) is 6.04 Å². The van der Waals surface area contributed by atoms with E-state index in [1.165, 1.54) is 18.5 Å². The fourth-order valence-electron chi connectivity index (χ4n) is 5.21. The molecule has 4 heterocycles. The fourth-order valence-corrected chi connectivity index (χ4v) is 5.21. The zero-order valence-electron chi connectivity index (χ0n) is 18.0. The number of carbonyl (C=O) groups excluding carboxylic acids is 1. The van der Waals surface area contributed by atoms with Gasteiger partial charge >= 0.3 is 0 Å². The summed E-state index contributed by atoms with van der Waals surface area (Å²) in [6.07, 6.45) is 7.43. The maximum atomic E-state index is 12.8. The first-order valence-corrected chi connectivity index (χ1v) is 11.4. The van der Waals surface area contributed by atoms with Crippen molar-refractivity contribution in [2.75, 3.05) is 62.7 Å². The molecule has 0 bridgehead atoms. The van der Waals surface area contributed by atoms with E-state index in [0.29, 0.717) is 5.91 Å². The molecule has 3 saturated heterocycles. The second-order valence-electron chi connectivity index (χ2n) is 8.89. The highest BCUT2D eigenvalue weighted by Crippen LogP contribution is 2.30. The lowest BCUT2D eigenvalue weighted by Gasteiger charge is -2.40. The smallest absolute Gasteiger partial charge is 0.239 e. The monoisotopic (exact) mass is 408 g/mol. The minimum absolute atomic E-state index is 0.0615. The number of fused-ring (bicyclic) bond motifs is 1. The molecular weight excluding hydrogens is 376 g/mol. The van der Waals surface area contributed by atoms with Gasteiger partial charge in [-0.2, -0.15) is 0 Å². The van der Waals surface area contributed by atoms with Crippen LogP contribution >= 0.6 is 0 Å². The SMILES string of the molecule is CN1CCCCC(N2CCN(c3ccc4ncnc(N5CCCC5)c4c3)CC2)C1=O. The Hall–Kier alpha value is -2.41. The van der Waals surface area contributed by atoms with Crippen LogP contribution in [0, 0.1) is 0 Å². The fraction of sp³-hybridized carbons (Fsp3) is 0.609. The van der Waals surface area contributed by atoms with Crippen molar-refractivity contribution in [2.45, 2.75) is 38.1 Å². The van der Waals surface area contributed by atoms with Crippen molar-refractivity contribution in [1.29, 1.82) is 0 Å². The molecule has 7 heteroatoms. The van der Waals surface area contributed by atoms with Crippen LogP contribution in [0.15, 0.2) is 24.5 Å². The number of hydrogen-bond donors (Lipinski definition) is 0. The highest BCUT2D eigenvalue weighted by Gasteiger charge is 2.32. The summed E-state index contributed by atoms with van der Waals surface area (Å²) in [5.41, 5.74) is 2.25. The third-order valence-electron chi connectivity index (χ3n) is 7.01. The van der Waals surface area contributed by atoms with Crippen LogP contribution in [0.25, 0.3) is 10.9 Å². The van der Waals surface area contributed by atoms with E-state index < -0.39 is 0 Å². The summed E-state index contributed by atoms with van der Waals surface area (Å²) in [5, 5.41) is 1.15. The normalized spacial score (nSPS) is 24.0. The van der Waals surface area contributed by atoms with Crippen LogP contribution in [-0.2, 0) is 4.79 Å². The number of nitrogens with zero attached hydrogens (tertiary/aromatic N) is 6. The van der Waals surface area contributed by atoms with Crippen molar-refractivity contribution >= 4 is 28.3 Å². The van der Waals surface area contributed by atoms with Gasteiger partial charge in [0, 0.05) is 63.9 Å². The number of aromatic nitrogens is 2. The summed E-state index contributed by atoms with van der Waals surface area (Å²) >= 11 is 0. The number of anilines is 2. The number of likely N-dealkylation sites (N-methyl/N-ethyl adjacent to an activating group) is 1. The molecule has 0 spiro atoms. The summed E-state index contributed by atoms with van der Waals surface area (Å²) in [4.78, 5) is 31.0. The number of piperazine rings is 1. The van der Waals surface area contributed by atoms with E-state index in [1.807, 2.05) is 11.9 Å². The molecule has 7 nitrogen and oxygen atoms in total. The maximum absolute atomic E-state index is 12.8. The molecule has 0 saturated carbocycles. The van der Waals surface area contributed by atoms with Gasteiger partial charge in [-0.05, 0) is 50.3 Å². The Balaban J connectivity index is 1.32. The molecule has 0 radical (unpaired) electrons. The topological polar surface area (TPSA) is 55.8 Å². The van der Waals surface area contributed by atoms with Crippen LogP contribution < -0.4 is 9.80 Å². The average molecular weight is 409 g/mol. The number of amides is 1. The van der Waals surface area contributed by atoms with E-state index in [0.717, 1.165) is 81.8 Å². The summed E-state index contributed by atoms with van der Waals surface area (Å²) < 4.78 is 0. The summed E-state index contributed by atoms with van der Waals surface area (Å²) in [7, 11) is 1.95. The average Bonchev–Trinajstić information content (AvgIpc) is 3.27. The van der Waals surface area contributed by atoms with Crippen LogP contribution in [-0.4, -0.2) is 84.6 Å². The molecule has 2 aromatic rings. The molecule has 160 valence electrons. The van der Waals surface area contributed by atoms with Gasteiger partial charge in [0.2, 0.25) is 5.91 Å². The minimum Gasteiger partial charge on any atom is -0.369 e. The number of carbonyl (C=O) groups is 1. The maximum Gasteiger partial charge on any atom is 0.239 e. The first-order valence-electron chi connectivity index (χ1n) is 11.4. The van der Waals surface area contributed by atoms with Gasteiger partial charge in [0.15, 0.2) is 0 Å². The predicted octanol–water partition coefficient (Wildman–Crippen LogP) is 2.36.